The maximum absolute atomic E-state index is 12.0. The lowest BCUT2D eigenvalue weighted by molar-refractivity contribution is -0.135. The lowest BCUT2D eigenvalue weighted by Gasteiger charge is -2.21. The second-order valence-corrected chi connectivity index (χ2v) is 5.87. The summed E-state index contributed by atoms with van der Waals surface area (Å²) in [4.78, 5) is 23.6. The van der Waals surface area contributed by atoms with Gasteiger partial charge in [-0.15, -0.1) is 0 Å². The van der Waals surface area contributed by atoms with Crippen molar-refractivity contribution in [2.24, 2.45) is 5.10 Å². The van der Waals surface area contributed by atoms with E-state index in [1.807, 2.05) is 31.2 Å². The maximum atomic E-state index is 12.0. The van der Waals surface area contributed by atoms with Crippen molar-refractivity contribution < 1.29 is 9.59 Å². The summed E-state index contributed by atoms with van der Waals surface area (Å²) in [6, 6.07) is 7.81. The highest BCUT2D eigenvalue weighted by molar-refractivity contribution is 14.1. The quantitative estimate of drug-likeness (QED) is 0.765. The topological polar surface area (TPSA) is 49.7 Å². The summed E-state index contributed by atoms with van der Waals surface area (Å²) < 4.78 is 1.14. The molecule has 0 atom stereocenters. The van der Waals surface area contributed by atoms with Gasteiger partial charge in [0.2, 0.25) is 5.91 Å². The first-order valence-corrected chi connectivity index (χ1v) is 7.23. The fraction of sp³-hybridized carbons (Fsp3) is 0.357. The summed E-state index contributed by atoms with van der Waals surface area (Å²) in [6.45, 7) is 1.95. The number of benzene rings is 1. The van der Waals surface area contributed by atoms with Gasteiger partial charge in [0.25, 0.3) is 0 Å². The number of carbonyl (C=O) groups is 2. The van der Waals surface area contributed by atoms with E-state index < -0.39 is 0 Å². The zero-order chi connectivity index (χ0) is 13.8. The van der Waals surface area contributed by atoms with Crippen LogP contribution < -0.4 is 0 Å². The Labute approximate surface area is 126 Å². The van der Waals surface area contributed by atoms with E-state index in [1.165, 1.54) is 5.01 Å². The zero-order valence-corrected chi connectivity index (χ0v) is 12.9. The van der Waals surface area contributed by atoms with Crippen molar-refractivity contribution in [1.82, 2.24) is 5.01 Å². The minimum absolute atomic E-state index is 0.00741. The average Bonchev–Trinajstić information content (AvgIpc) is 2.37. The number of hydrazone groups is 1. The highest BCUT2D eigenvalue weighted by Gasteiger charge is 2.20. The van der Waals surface area contributed by atoms with E-state index >= 15 is 0 Å². The standard InChI is InChI=1S/C14H15IN2O2/c1-10-2-7-14(19)17(16-10)9-13(18)8-11-3-5-12(15)6-4-11/h3-6H,2,7-9H2,1H3. The summed E-state index contributed by atoms with van der Waals surface area (Å²) in [5.41, 5.74) is 1.87. The molecule has 1 heterocycles. The first kappa shape index (κ1) is 14.2. The number of halogens is 1. The first-order chi connectivity index (χ1) is 9.04. The average molecular weight is 370 g/mol. The van der Waals surface area contributed by atoms with E-state index in [4.69, 9.17) is 0 Å². The highest BCUT2D eigenvalue weighted by Crippen LogP contribution is 2.11. The Morgan fingerprint density at radius 3 is 2.68 bits per heavy atom. The third-order valence-electron chi connectivity index (χ3n) is 2.92. The summed E-state index contributed by atoms with van der Waals surface area (Å²) in [6.07, 6.45) is 1.49. The summed E-state index contributed by atoms with van der Waals surface area (Å²) in [5, 5.41) is 5.44. The van der Waals surface area contributed by atoms with Gasteiger partial charge in [0.05, 0.1) is 0 Å². The number of hydrogen-bond acceptors (Lipinski definition) is 3. The van der Waals surface area contributed by atoms with Gasteiger partial charge in [-0.2, -0.15) is 5.10 Å². The minimum Gasteiger partial charge on any atom is -0.297 e. The van der Waals surface area contributed by atoms with E-state index in [9.17, 15) is 9.59 Å². The minimum atomic E-state index is -0.0680. The Balaban J connectivity index is 1.96. The van der Waals surface area contributed by atoms with Crippen LogP contribution in [-0.2, 0) is 16.0 Å². The number of Topliss-reactive ketones (excluding diaryl/α,β-unsaturated/α-hetero) is 1. The molecule has 0 fully saturated rings. The molecule has 1 aliphatic rings. The van der Waals surface area contributed by atoms with Gasteiger partial charge >= 0.3 is 0 Å². The van der Waals surface area contributed by atoms with Crippen LogP contribution in [0, 0.1) is 3.57 Å². The molecule has 0 unspecified atom stereocenters. The molecule has 0 aromatic heterocycles. The van der Waals surface area contributed by atoms with Crippen molar-refractivity contribution in [3.05, 3.63) is 33.4 Å². The van der Waals surface area contributed by atoms with E-state index in [-0.39, 0.29) is 18.2 Å². The van der Waals surface area contributed by atoms with Crippen LogP contribution in [0.1, 0.15) is 25.3 Å². The Hall–Kier alpha value is -1.24. The van der Waals surface area contributed by atoms with Gasteiger partial charge in [0, 0.05) is 22.1 Å². The van der Waals surface area contributed by atoms with Crippen LogP contribution in [0.3, 0.4) is 0 Å². The molecule has 1 aromatic rings. The second-order valence-electron chi connectivity index (χ2n) is 4.63. The second kappa shape index (κ2) is 6.27. The van der Waals surface area contributed by atoms with Crippen molar-refractivity contribution in [2.45, 2.75) is 26.2 Å². The Morgan fingerprint density at radius 2 is 2.00 bits per heavy atom. The largest absolute Gasteiger partial charge is 0.297 e. The number of amides is 1. The van der Waals surface area contributed by atoms with Crippen LogP contribution in [0.25, 0.3) is 0 Å². The van der Waals surface area contributed by atoms with Gasteiger partial charge in [-0.3, -0.25) is 9.59 Å². The molecule has 0 saturated carbocycles. The molecule has 100 valence electrons. The zero-order valence-electron chi connectivity index (χ0n) is 10.7. The number of nitrogens with zero attached hydrogens (tertiary/aromatic N) is 2. The summed E-state index contributed by atoms with van der Waals surface area (Å²) >= 11 is 2.22. The molecule has 0 aliphatic carbocycles. The normalized spacial score (nSPS) is 15.4. The van der Waals surface area contributed by atoms with Gasteiger partial charge in [0.15, 0.2) is 5.78 Å². The van der Waals surface area contributed by atoms with Crippen LogP contribution in [0.4, 0.5) is 0 Å². The number of rotatable bonds is 4. The molecule has 1 amide bonds. The maximum Gasteiger partial charge on any atom is 0.243 e. The fourth-order valence-corrected chi connectivity index (χ4v) is 2.26. The first-order valence-electron chi connectivity index (χ1n) is 6.15. The van der Waals surface area contributed by atoms with Crippen LogP contribution in [0.5, 0.6) is 0 Å². The molecule has 0 radical (unpaired) electrons. The molecule has 1 aromatic carbocycles. The van der Waals surface area contributed by atoms with Gasteiger partial charge < -0.3 is 0 Å². The molecule has 0 spiro atoms. The van der Waals surface area contributed by atoms with Crippen molar-refractivity contribution in [2.75, 3.05) is 6.54 Å². The molecule has 4 nitrogen and oxygen atoms in total. The van der Waals surface area contributed by atoms with Crippen LogP contribution in [-0.4, -0.2) is 29.0 Å². The van der Waals surface area contributed by atoms with E-state index in [2.05, 4.69) is 27.7 Å². The SMILES string of the molecule is CC1=NN(CC(=O)Cc2ccc(I)cc2)C(=O)CC1. The van der Waals surface area contributed by atoms with Crippen LogP contribution in [0.2, 0.25) is 0 Å². The molecular weight excluding hydrogens is 355 g/mol. The smallest absolute Gasteiger partial charge is 0.243 e. The molecule has 0 bridgehead atoms. The highest BCUT2D eigenvalue weighted by atomic mass is 127. The number of hydrogen-bond donors (Lipinski definition) is 0. The van der Waals surface area contributed by atoms with Crippen molar-refractivity contribution >= 4 is 40.0 Å². The number of ketones is 1. The summed E-state index contributed by atoms with van der Waals surface area (Å²) in [5.74, 6) is -0.0606. The lowest BCUT2D eigenvalue weighted by atomic mass is 10.1. The van der Waals surface area contributed by atoms with E-state index in [0.717, 1.165) is 14.8 Å². The Kier molecular flexibility index (Phi) is 4.68. The van der Waals surface area contributed by atoms with Gasteiger partial charge in [-0.05, 0) is 53.6 Å². The van der Waals surface area contributed by atoms with Crippen LogP contribution >= 0.6 is 22.6 Å². The van der Waals surface area contributed by atoms with Gasteiger partial charge in [-0.25, -0.2) is 5.01 Å². The van der Waals surface area contributed by atoms with Crippen molar-refractivity contribution in [3.8, 4) is 0 Å². The molecule has 1 aliphatic heterocycles. The van der Waals surface area contributed by atoms with Crippen molar-refractivity contribution in [3.63, 3.8) is 0 Å². The van der Waals surface area contributed by atoms with Crippen molar-refractivity contribution in [1.29, 1.82) is 0 Å². The fourth-order valence-electron chi connectivity index (χ4n) is 1.91. The Bertz CT molecular complexity index is 523. The molecule has 0 N–H and O–H groups in total. The van der Waals surface area contributed by atoms with E-state index in [1.54, 1.807) is 0 Å². The van der Waals surface area contributed by atoms with Crippen LogP contribution in [0.15, 0.2) is 29.4 Å². The molecule has 2 rings (SSSR count). The predicted molar refractivity (Wildman–Crippen MR) is 81.9 cm³/mol. The molecule has 5 heteroatoms. The Morgan fingerprint density at radius 1 is 1.32 bits per heavy atom. The molecule has 0 saturated heterocycles. The van der Waals surface area contributed by atoms with Gasteiger partial charge in [-0.1, -0.05) is 12.1 Å². The third kappa shape index (κ3) is 4.12. The summed E-state index contributed by atoms with van der Waals surface area (Å²) in [7, 11) is 0. The third-order valence-corrected chi connectivity index (χ3v) is 3.64. The van der Waals surface area contributed by atoms with E-state index in [0.29, 0.717) is 19.3 Å². The molecular formula is C14H15IN2O2. The number of carbonyl (C=O) groups excluding carboxylic acids is 2. The monoisotopic (exact) mass is 370 g/mol. The molecule has 19 heavy (non-hydrogen) atoms. The van der Waals surface area contributed by atoms with Gasteiger partial charge in [0.1, 0.15) is 6.54 Å². The lowest BCUT2D eigenvalue weighted by Crippen LogP contribution is -2.35. The predicted octanol–water partition coefficient (Wildman–Crippen LogP) is 2.40.